The molecule has 1 saturated carbocycles. The molecule has 2 aliphatic rings. The van der Waals surface area contributed by atoms with Crippen molar-refractivity contribution in [3.8, 4) is 22.5 Å². The molecule has 0 bridgehead atoms. The van der Waals surface area contributed by atoms with Gasteiger partial charge in [-0.15, -0.1) is 0 Å². The Balaban J connectivity index is 1.19. The molecule has 0 unspecified atom stereocenters. The predicted octanol–water partition coefficient (Wildman–Crippen LogP) is 6.21. The minimum absolute atomic E-state index is 0.353. The van der Waals surface area contributed by atoms with Gasteiger partial charge in [-0.3, -0.25) is 9.80 Å². The Hall–Kier alpha value is -4.86. The number of anilines is 1. The number of fused-ring (bicyclic) bond motifs is 1. The van der Waals surface area contributed by atoms with E-state index in [1.165, 1.54) is 0 Å². The second-order valence-corrected chi connectivity index (χ2v) is 12.9. The van der Waals surface area contributed by atoms with Gasteiger partial charge in [-0.25, -0.2) is 19.7 Å². The third kappa shape index (κ3) is 6.54. The first kappa shape index (κ1) is 30.8. The Morgan fingerprint density at radius 2 is 1.40 bits per heavy atom. The van der Waals surface area contributed by atoms with E-state index in [4.69, 9.17) is 15.0 Å². The minimum atomic E-state index is -0.904. The summed E-state index contributed by atoms with van der Waals surface area (Å²) in [6, 6.07) is 32.3. The summed E-state index contributed by atoms with van der Waals surface area (Å²) in [6.45, 7) is 6.36. The molecule has 2 fully saturated rings. The van der Waals surface area contributed by atoms with Crippen LogP contribution in [0.25, 0.3) is 33.7 Å². The predicted molar refractivity (Wildman–Crippen MR) is 186 cm³/mol. The van der Waals surface area contributed by atoms with Crippen molar-refractivity contribution in [2.24, 2.45) is 0 Å². The molecule has 3 aromatic carbocycles. The van der Waals surface area contributed by atoms with Crippen LogP contribution in [-0.4, -0.2) is 94.2 Å². The van der Waals surface area contributed by atoms with Crippen LogP contribution in [0.3, 0.4) is 0 Å². The number of rotatable bonds is 10. The monoisotopic (exact) mass is 627 g/mol. The van der Waals surface area contributed by atoms with E-state index in [0.717, 1.165) is 97.1 Å². The molecule has 1 N–H and O–H groups in total. The fourth-order valence-electron chi connectivity index (χ4n) is 6.59. The molecule has 5 aromatic rings. The Bertz CT molecular complexity index is 1840. The van der Waals surface area contributed by atoms with Gasteiger partial charge in [0.2, 0.25) is 0 Å². The van der Waals surface area contributed by atoms with Crippen molar-refractivity contribution in [3.63, 3.8) is 0 Å². The summed E-state index contributed by atoms with van der Waals surface area (Å²) in [5.74, 6) is 0.927. The van der Waals surface area contributed by atoms with Gasteiger partial charge in [0.25, 0.3) is 0 Å². The normalized spacial score (nSPS) is 16.0. The van der Waals surface area contributed by atoms with Gasteiger partial charge in [0, 0.05) is 56.9 Å². The van der Waals surface area contributed by atoms with E-state index < -0.39 is 11.6 Å². The number of carboxylic acid groups (broad SMARTS) is 1. The summed E-state index contributed by atoms with van der Waals surface area (Å²) in [7, 11) is 4.23. The number of amides is 1. The van der Waals surface area contributed by atoms with E-state index in [1.54, 1.807) is 4.90 Å². The Labute approximate surface area is 276 Å². The maximum Gasteiger partial charge on any atom is 0.408 e. The van der Waals surface area contributed by atoms with Crippen LogP contribution in [0, 0.1) is 0 Å². The highest BCUT2D eigenvalue weighted by Crippen LogP contribution is 2.52. The lowest BCUT2D eigenvalue weighted by Crippen LogP contribution is -2.48. The van der Waals surface area contributed by atoms with Crippen molar-refractivity contribution in [2.45, 2.75) is 24.9 Å². The topological polar surface area (TPSA) is 88.9 Å². The van der Waals surface area contributed by atoms with Crippen molar-refractivity contribution in [1.82, 2.24) is 29.7 Å². The first-order chi connectivity index (χ1) is 22.9. The first-order valence-corrected chi connectivity index (χ1v) is 16.4. The Morgan fingerprint density at radius 3 is 2.04 bits per heavy atom. The van der Waals surface area contributed by atoms with Crippen LogP contribution in [0.2, 0.25) is 0 Å². The third-order valence-electron chi connectivity index (χ3n) is 9.47. The van der Waals surface area contributed by atoms with Gasteiger partial charge in [-0.2, -0.15) is 0 Å². The number of hydrogen-bond donors (Lipinski definition) is 1. The van der Waals surface area contributed by atoms with Gasteiger partial charge >= 0.3 is 6.09 Å². The summed E-state index contributed by atoms with van der Waals surface area (Å²) in [5, 5.41) is 10.2. The number of piperazine rings is 1. The lowest BCUT2D eigenvalue weighted by Gasteiger charge is -2.35. The zero-order valence-electron chi connectivity index (χ0n) is 27.1. The first-order valence-electron chi connectivity index (χ1n) is 16.4. The number of likely N-dealkylation sites (N-methyl/N-ethyl adjacent to an activating group) is 1. The second-order valence-electron chi connectivity index (χ2n) is 12.9. The van der Waals surface area contributed by atoms with E-state index in [1.807, 2.05) is 54.6 Å². The van der Waals surface area contributed by atoms with Crippen molar-refractivity contribution in [2.75, 3.05) is 58.3 Å². The van der Waals surface area contributed by atoms with Crippen LogP contribution in [-0.2, 0) is 12.1 Å². The largest absolute Gasteiger partial charge is 0.465 e. The summed E-state index contributed by atoms with van der Waals surface area (Å²) in [6.07, 6.45) is 0.694. The lowest BCUT2D eigenvalue weighted by atomic mass is 9.98. The van der Waals surface area contributed by atoms with Crippen molar-refractivity contribution < 1.29 is 9.90 Å². The fraction of sp³-hybridized carbons (Fsp3) is 0.316. The van der Waals surface area contributed by atoms with Gasteiger partial charge in [0.15, 0.2) is 5.65 Å². The molecule has 1 saturated heterocycles. The molecular weight excluding hydrogens is 586 g/mol. The Kier molecular flexibility index (Phi) is 8.58. The van der Waals surface area contributed by atoms with Crippen LogP contribution < -0.4 is 4.90 Å². The standard InChI is InChI=1S/C38H41N7O2/c1-42(2)21-22-43-23-25-44(26-24-43)33-18-17-32-36(40-33)41-35(34(39-32)29-11-7-4-8-12-29)30-13-15-31(16-14-30)38(19-20-38)45(37(46)47)27-28-9-5-3-6-10-28/h3-18H,19-27H2,1-2H3,(H,46,47). The zero-order valence-corrected chi connectivity index (χ0v) is 27.1. The lowest BCUT2D eigenvalue weighted by molar-refractivity contribution is 0.112. The highest BCUT2D eigenvalue weighted by Gasteiger charge is 2.51. The number of aromatic nitrogens is 3. The summed E-state index contributed by atoms with van der Waals surface area (Å²) in [4.78, 5) is 36.4. The maximum atomic E-state index is 12.5. The smallest absolute Gasteiger partial charge is 0.408 e. The number of hydrogen-bond acceptors (Lipinski definition) is 7. The van der Waals surface area contributed by atoms with Gasteiger partial charge < -0.3 is 14.9 Å². The highest BCUT2D eigenvalue weighted by molar-refractivity contribution is 5.85. The van der Waals surface area contributed by atoms with E-state index in [2.05, 4.69) is 71.3 Å². The average molecular weight is 628 g/mol. The quantitative estimate of drug-likeness (QED) is 0.196. The van der Waals surface area contributed by atoms with Crippen LogP contribution >= 0.6 is 0 Å². The van der Waals surface area contributed by atoms with E-state index >= 15 is 0 Å². The summed E-state index contributed by atoms with van der Waals surface area (Å²) in [5.41, 5.74) is 6.30. The Morgan fingerprint density at radius 1 is 0.766 bits per heavy atom. The third-order valence-corrected chi connectivity index (χ3v) is 9.47. The van der Waals surface area contributed by atoms with E-state index in [0.29, 0.717) is 12.2 Å². The maximum absolute atomic E-state index is 12.5. The van der Waals surface area contributed by atoms with Crippen molar-refractivity contribution in [1.29, 1.82) is 0 Å². The van der Waals surface area contributed by atoms with Crippen LogP contribution in [0.4, 0.5) is 10.6 Å². The molecule has 0 radical (unpaired) electrons. The summed E-state index contributed by atoms with van der Waals surface area (Å²) < 4.78 is 0. The molecule has 1 aliphatic carbocycles. The summed E-state index contributed by atoms with van der Waals surface area (Å²) >= 11 is 0. The van der Waals surface area contributed by atoms with Crippen molar-refractivity contribution in [3.05, 3.63) is 108 Å². The molecule has 7 rings (SSSR count). The minimum Gasteiger partial charge on any atom is -0.465 e. The molecule has 0 spiro atoms. The molecule has 1 aliphatic heterocycles. The zero-order chi connectivity index (χ0) is 32.4. The number of benzene rings is 3. The molecule has 9 heteroatoms. The van der Waals surface area contributed by atoms with Gasteiger partial charge in [-0.05, 0) is 50.2 Å². The molecule has 9 nitrogen and oxygen atoms in total. The van der Waals surface area contributed by atoms with Gasteiger partial charge in [0.05, 0.1) is 16.9 Å². The number of pyridine rings is 1. The van der Waals surface area contributed by atoms with Crippen molar-refractivity contribution >= 4 is 23.1 Å². The van der Waals surface area contributed by atoms with Crippen LogP contribution in [0.15, 0.2) is 97.1 Å². The molecule has 0 atom stereocenters. The number of nitrogens with zero attached hydrogens (tertiary/aromatic N) is 7. The molecule has 3 heterocycles. The SMILES string of the molecule is CN(C)CCN1CCN(c2ccc3nc(-c4ccccc4)c(-c4ccc(C5(N(Cc6ccccc6)C(=O)O)CC5)cc4)nc3n2)CC1. The van der Waals surface area contributed by atoms with E-state index in [-0.39, 0.29) is 0 Å². The van der Waals surface area contributed by atoms with Crippen LogP contribution in [0.5, 0.6) is 0 Å². The van der Waals surface area contributed by atoms with E-state index in [9.17, 15) is 9.90 Å². The van der Waals surface area contributed by atoms with Crippen LogP contribution in [0.1, 0.15) is 24.0 Å². The van der Waals surface area contributed by atoms with Gasteiger partial charge in [0.1, 0.15) is 11.3 Å². The van der Waals surface area contributed by atoms with Gasteiger partial charge in [-0.1, -0.05) is 84.9 Å². The number of carbonyl (C=O) groups is 1. The highest BCUT2D eigenvalue weighted by atomic mass is 16.4. The molecule has 1 amide bonds. The average Bonchev–Trinajstić information content (AvgIpc) is 3.92. The molecule has 47 heavy (non-hydrogen) atoms. The fourth-order valence-corrected chi connectivity index (χ4v) is 6.59. The molecule has 240 valence electrons. The second kappa shape index (κ2) is 13.1. The molecular formula is C38H41N7O2. The molecule has 2 aromatic heterocycles.